The van der Waals surface area contributed by atoms with Gasteiger partial charge in [-0.2, -0.15) is 0 Å². The fourth-order valence-corrected chi connectivity index (χ4v) is 5.46. The van der Waals surface area contributed by atoms with Gasteiger partial charge in [-0.25, -0.2) is 0 Å². The highest BCUT2D eigenvalue weighted by atomic mass is 16.5. The zero-order valence-corrected chi connectivity index (χ0v) is 22.5. The van der Waals surface area contributed by atoms with Gasteiger partial charge >= 0.3 is 0 Å². The largest absolute Gasteiger partial charge is 0.495 e. The molecule has 0 heterocycles. The summed E-state index contributed by atoms with van der Waals surface area (Å²) >= 11 is 0. The standard InChI is InChI=1S/C35H34O4/c1-5-36-25(3)23-38-29-19-15-27(16-20-29)35(28-17-21-30(22-18-28)39-24-26(4)37-6-2)33-13-9-7-11-31(33)32-12-8-10-14-34(32)35/h5-22,25-26H,1-2,23-24H2,3-4H3. The Morgan fingerprint density at radius 3 is 1.36 bits per heavy atom. The van der Waals surface area contributed by atoms with Crippen molar-refractivity contribution < 1.29 is 18.9 Å². The lowest BCUT2D eigenvalue weighted by Crippen LogP contribution is -2.28. The van der Waals surface area contributed by atoms with E-state index in [4.69, 9.17) is 18.9 Å². The molecule has 0 amide bonds. The molecule has 0 radical (unpaired) electrons. The maximum atomic E-state index is 5.99. The first kappa shape index (κ1) is 26.2. The summed E-state index contributed by atoms with van der Waals surface area (Å²) < 4.78 is 22.8. The molecule has 0 bridgehead atoms. The van der Waals surface area contributed by atoms with Gasteiger partial charge < -0.3 is 18.9 Å². The Morgan fingerprint density at radius 2 is 0.974 bits per heavy atom. The Bertz CT molecular complexity index is 1310. The predicted octanol–water partition coefficient (Wildman–Crippen LogP) is 7.90. The van der Waals surface area contributed by atoms with Crippen molar-refractivity contribution in [3.63, 3.8) is 0 Å². The maximum Gasteiger partial charge on any atom is 0.129 e. The fourth-order valence-electron chi connectivity index (χ4n) is 5.46. The van der Waals surface area contributed by atoms with Crippen LogP contribution in [0.15, 0.2) is 123 Å². The summed E-state index contributed by atoms with van der Waals surface area (Å²) in [5.41, 5.74) is 6.87. The smallest absolute Gasteiger partial charge is 0.129 e. The van der Waals surface area contributed by atoms with E-state index in [1.54, 1.807) is 0 Å². The first-order chi connectivity index (χ1) is 19.1. The number of hydrogen-bond donors (Lipinski definition) is 0. The molecule has 4 heteroatoms. The van der Waals surface area contributed by atoms with Crippen LogP contribution in [0, 0.1) is 0 Å². The average molecular weight is 519 g/mol. The second-order valence-electron chi connectivity index (χ2n) is 9.74. The van der Waals surface area contributed by atoms with Crippen molar-refractivity contribution in [2.45, 2.75) is 31.5 Å². The predicted molar refractivity (Wildman–Crippen MR) is 156 cm³/mol. The van der Waals surface area contributed by atoms with E-state index in [2.05, 4.69) is 86.0 Å². The van der Waals surface area contributed by atoms with Crippen molar-refractivity contribution in [1.29, 1.82) is 0 Å². The Morgan fingerprint density at radius 1 is 0.590 bits per heavy atom. The Labute approximate surface area is 231 Å². The maximum absolute atomic E-state index is 5.99. The first-order valence-electron chi connectivity index (χ1n) is 13.3. The van der Waals surface area contributed by atoms with E-state index in [1.807, 2.05) is 38.1 Å². The highest BCUT2D eigenvalue weighted by Gasteiger charge is 2.45. The van der Waals surface area contributed by atoms with Gasteiger partial charge in [-0.1, -0.05) is 86.0 Å². The highest BCUT2D eigenvalue weighted by molar-refractivity contribution is 5.86. The van der Waals surface area contributed by atoms with Crippen LogP contribution in [-0.2, 0) is 14.9 Å². The average Bonchev–Trinajstić information content (AvgIpc) is 3.27. The second kappa shape index (κ2) is 11.5. The number of rotatable bonds is 12. The van der Waals surface area contributed by atoms with E-state index in [0.717, 1.165) is 11.5 Å². The van der Waals surface area contributed by atoms with Gasteiger partial charge in [0.2, 0.25) is 0 Å². The Hall–Kier alpha value is -4.44. The van der Waals surface area contributed by atoms with Crippen LogP contribution >= 0.6 is 0 Å². The summed E-state index contributed by atoms with van der Waals surface area (Å²) in [6.45, 7) is 12.0. The summed E-state index contributed by atoms with van der Waals surface area (Å²) in [5, 5.41) is 0. The van der Waals surface area contributed by atoms with Crippen molar-refractivity contribution in [1.82, 2.24) is 0 Å². The normalized spacial score (nSPS) is 14.3. The van der Waals surface area contributed by atoms with Crippen LogP contribution in [0.1, 0.15) is 36.1 Å². The lowest BCUT2D eigenvalue weighted by molar-refractivity contribution is 0.103. The zero-order chi connectivity index (χ0) is 27.2. The van der Waals surface area contributed by atoms with Crippen molar-refractivity contribution in [2.75, 3.05) is 13.2 Å². The molecule has 1 aliphatic carbocycles. The third-order valence-electron chi connectivity index (χ3n) is 7.15. The quantitative estimate of drug-likeness (QED) is 0.157. The number of hydrogen-bond acceptors (Lipinski definition) is 4. The molecule has 0 N–H and O–H groups in total. The van der Waals surface area contributed by atoms with Gasteiger partial charge in [-0.15, -0.1) is 0 Å². The highest BCUT2D eigenvalue weighted by Crippen LogP contribution is 2.56. The van der Waals surface area contributed by atoms with Crippen LogP contribution in [0.2, 0.25) is 0 Å². The molecule has 0 aromatic heterocycles. The molecule has 198 valence electrons. The summed E-state index contributed by atoms with van der Waals surface area (Å²) in [6.07, 6.45) is 2.74. The Kier molecular flexibility index (Phi) is 7.74. The van der Waals surface area contributed by atoms with E-state index in [0.29, 0.717) is 13.2 Å². The first-order valence-corrected chi connectivity index (χ1v) is 13.3. The molecular weight excluding hydrogens is 484 g/mol. The molecule has 2 atom stereocenters. The molecule has 1 aliphatic rings. The summed E-state index contributed by atoms with van der Waals surface area (Å²) in [5.74, 6) is 1.60. The summed E-state index contributed by atoms with van der Waals surface area (Å²) in [7, 11) is 0. The minimum Gasteiger partial charge on any atom is -0.495 e. The van der Waals surface area contributed by atoms with E-state index in [9.17, 15) is 0 Å². The number of ether oxygens (including phenoxy) is 4. The van der Waals surface area contributed by atoms with E-state index in [1.165, 1.54) is 45.9 Å². The second-order valence-corrected chi connectivity index (χ2v) is 9.74. The molecule has 0 aliphatic heterocycles. The molecule has 4 aromatic rings. The minimum absolute atomic E-state index is 0.0749. The van der Waals surface area contributed by atoms with Crippen LogP contribution in [0.5, 0.6) is 11.5 Å². The third kappa shape index (κ3) is 5.03. The summed E-state index contributed by atoms with van der Waals surface area (Å²) in [4.78, 5) is 0. The molecule has 0 fully saturated rings. The van der Waals surface area contributed by atoms with Crippen molar-refractivity contribution >= 4 is 0 Å². The van der Waals surface area contributed by atoms with Crippen molar-refractivity contribution in [3.05, 3.63) is 145 Å². The van der Waals surface area contributed by atoms with Gasteiger partial charge in [0.1, 0.15) is 36.9 Å². The molecule has 0 saturated heterocycles. The van der Waals surface area contributed by atoms with Crippen LogP contribution in [0.4, 0.5) is 0 Å². The molecule has 2 unspecified atom stereocenters. The van der Waals surface area contributed by atoms with Crippen molar-refractivity contribution in [2.24, 2.45) is 0 Å². The number of benzene rings is 4. The molecule has 39 heavy (non-hydrogen) atoms. The molecular formula is C35H34O4. The van der Waals surface area contributed by atoms with Gasteiger partial charge in [0, 0.05) is 0 Å². The van der Waals surface area contributed by atoms with Crippen LogP contribution < -0.4 is 9.47 Å². The third-order valence-corrected chi connectivity index (χ3v) is 7.15. The van der Waals surface area contributed by atoms with Gasteiger partial charge in [-0.05, 0) is 71.5 Å². The lowest BCUT2D eigenvalue weighted by atomic mass is 9.68. The molecule has 0 saturated carbocycles. The minimum atomic E-state index is -0.483. The molecule has 4 aromatic carbocycles. The van der Waals surface area contributed by atoms with E-state index in [-0.39, 0.29) is 12.2 Å². The lowest BCUT2D eigenvalue weighted by Gasteiger charge is -2.34. The van der Waals surface area contributed by atoms with E-state index >= 15 is 0 Å². The fraction of sp³-hybridized carbons (Fsp3) is 0.200. The SMILES string of the molecule is C=COC(C)COc1ccc(C2(c3ccc(OCC(C)OC=C)cc3)c3ccccc3-c3ccccc32)cc1. The molecule has 0 spiro atoms. The van der Waals surface area contributed by atoms with Crippen molar-refractivity contribution in [3.8, 4) is 22.6 Å². The molecule has 4 nitrogen and oxygen atoms in total. The summed E-state index contributed by atoms with van der Waals surface area (Å²) in [6, 6.07) is 34.2. The van der Waals surface area contributed by atoms with Crippen LogP contribution in [-0.4, -0.2) is 25.4 Å². The zero-order valence-electron chi connectivity index (χ0n) is 22.5. The Balaban J connectivity index is 1.57. The van der Waals surface area contributed by atoms with Gasteiger partial charge in [0.05, 0.1) is 17.9 Å². The van der Waals surface area contributed by atoms with Gasteiger partial charge in [0.15, 0.2) is 0 Å². The van der Waals surface area contributed by atoms with Gasteiger partial charge in [0.25, 0.3) is 0 Å². The topological polar surface area (TPSA) is 36.9 Å². The van der Waals surface area contributed by atoms with Gasteiger partial charge in [-0.3, -0.25) is 0 Å². The number of fused-ring (bicyclic) bond motifs is 3. The van der Waals surface area contributed by atoms with E-state index < -0.39 is 5.41 Å². The van der Waals surface area contributed by atoms with Crippen LogP contribution in [0.25, 0.3) is 11.1 Å². The molecule has 5 rings (SSSR count). The monoisotopic (exact) mass is 518 g/mol. The van der Waals surface area contributed by atoms with Crippen LogP contribution in [0.3, 0.4) is 0 Å².